The predicted molar refractivity (Wildman–Crippen MR) is 83.1 cm³/mol. The number of rotatable bonds is 5. The van der Waals surface area contributed by atoms with Crippen molar-refractivity contribution in [2.75, 3.05) is 53.4 Å². The van der Waals surface area contributed by atoms with Gasteiger partial charge in [0, 0.05) is 45.3 Å². The second-order valence-electron chi connectivity index (χ2n) is 5.95. The van der Waals surface area contributed by atoms with Crippen LogP contribution in [0.15, 0.2) is 24.3 Å². The van der Waals surface area contributed by atoms with Gasteiger partial charge in [-0.15, -0.1) is 0 Å². The third-order valence-corrected chi connectivity index (χ3v) is 4.19. The fourth-order valence-electron chi connectivity index (χ4n) is 2.68. The lowest BCUT2D eigenvalue weighted by Gasteiger charge is -2.38. The fraction of sp³-hybridized carbons (Fsp3) is 0.625. The zero-order chi connectivity index (χ0) is 14.5. The third-order valence-electron chi connectivity index (χ3n) is 4.19. The maximum atomic E-state index is 9.36. The van der Waals surface area contributed by atoms with Crippen molar-refractivity contribution in [1.82, 2.24) is 14.7 Å². The van der Waals surface area contributed by atoms with Crippen molar-refractivity contribution in [3.05, 3.63) is 29.8 Å². The Bertz CT molecular complexity index is 397. The molecule has 1 saturated heterocycles. The molecular weight excluding hydrogens is 250 g/mol. The van der Waals surface area contributed by atoms with Crippen LogP contribution in [-0.4, -0.2) is 73.2 Å². The molecule has 1 heterocycles. The van der Waals surface area contributed by atoms with E-state index in [1.54, 1.807) is 12.1 Å². The van der Waals surface area contributed by atoms with E-state index in [9.17, 15) is 5.11 Å². The maximum absolute atomic E-state index is 9.36. The van der Waals surface area contributed by atoms with E-state index in [1.807, 2.05) is 12.1 Å². The highest BCUT2D eigenvalue weighted by molar-refractivity contribution is 5.27. The molecule has 1 atom stereocenters. The van der Waals surface area contributed by atoms with Crippen LogP contribution in [-0.2, 0) is 0 Å². The molecule has 0 aliphatic carbocycles. The van der Waals surface area contributed by atoms with Crippen LogP contribution in [0.1, 0.15) is 18.5 Å². The Labute approximate surface area is 122 Å². The molecule has 2 rings (SSSR count). The van der Waals surface area contributed by atoms with Gasteiger partial charge in [0.05, 0.1) is 0 Å². The average molecular weight is 277 g/mol. The predicted octanol–water partition coefficient (Wildman–Crippen LogP) is 1.63. The topological polar surface area (TPSA) is 30.0 Å². The number of phenols is 1. The van der Waals surface area contributed by atoms with Gasteiger partial charge in [0.2, 0.25) is 0 Å². The van der Waals surface area contributed by atoms with Crippen molar-refractivity contribution in [1.29, 1.82) is 0 Å². The minimum absolute atomic E-state index is 0.342. The van der Waals surface area contributed by atoms with Gasteiger partial charge in [0.1, 0.15) is 5.75 Å². The molecule has 0 spiro atoms. The van der Waals surface area contributed by atoms with Crippen LogP contribution in [0.25, 0.3) is 0 Å². The molecule has 0 aromatic heterocycles. The number of benzene rings is 1. The smallest absolute Gasteiger partial charge is 0.115 e. The van der Waals surface area contributed by atoms with E-state index in [4.69, 9.17) is 0 Å². The number of nitrogens with zero attached hydrogens (tertiary/aromatic N) is 3. The van der Waals surface area contributed by atoms with E-state index in [0.717, 1.165) is 39.3 Å². The molecule has 4 nitrogen and oxygen atoms in total. The lowest BCUT2D eigenvalue weighted by molar-refractivity contribution is 0.0975. The first-order chi connectivity index (χ1) is 9.56. The summed E-state index contributed by atoms with van der Waals surface area (Å²) in [4.78, 5) is 7.31. The van der Waals surface area contributed by atoms with Crippen LogP contribution in [0.2, 0.25) is 0 Å². The monoisotopic (exact) mass is 277 g/mol. The van der Waals surface area contributed by atoms with Crippen molar-refractivity contribution < 1.29 is 5.11 Å². The number of aromatic hydroxyl groups is 1. The van der Waals surface area contributed by atoms with Crippen LogP contribution >= 0.6 is 0 Å². The Balaban J connectivity index is 1.82. The molecule has 1 aromatic rings. The molecule has 1 N–H and O–H groups in total. The Morgan fingerprint density at radius 1 is 1.10 bits per heavy atom. The van der Waals surface area contributed by atoms with Gasteiger partial charge in [-0.05, 0) is 38.7 Å². The summed E-state index contributed by atoms with van der Waals surface area (Å²) in [5.74, 6) is 0.342. The van der Waals surface area contributed by atoms with E-state index in [1.165, 1.54) is 5.56 Å². The molecule has 1 fully saturated rings. The Kier molecular flexibility index (Phi) is 5.40. The number of phenolic OH excluding ortho intramolecular Hbond substituents is 1. The van der Waals surface area contributed by atoms with Crippen LogP contribution in [0.5, 0.6) is 5.75 Å². The highest BCUT2D eigenvalue weighted by atomic mass is 16.3. The van der Waals surface area contributed by atoms with Crippen molar-refractivity contribution in [3.8, 4) is 5.75 Å². The first-order valence-electron chi connectivity index (χ1n) is 7.46. The second-order valence-corrected chi connectivity index (χ2v) is 5.95. The minimum Gasteiger partial charge on any atom is -0.508 e. The lowest BCUT2D eigenvalue weighted by Crippen LogP contribution is -2.48. The van der Waals surface area contributed by atoms with E-state index in [2.05, 4.69) is 35.7 Å². The number of hydrogen-bond acceptors (Lipinski definition) is 4. The molecular formula is C16H27N3O. The van der Waals surface area contributed by atoms with Crippen molar-refractivity contribution in [3.63, 3.8) is 0 Å². The average Bonchev–Trinajstić information content (AvgIpc) is 2.46. The summed E-state index contributed by atoms with van der Waals surface area (Å²) in [6.07, 6.45) is 0. The SMILES string of the molecule is CC(c1ccc(O)cc1)N1CCN(CCN(C)C)CC1. The van der Waals surface area contributed by atoms with Crippen molar-refractivity contribution in [2.45, 2.75) is 13.0 Å². The van der Waals surface area contributed by atoms with Gasteiger partial charge < -0.3 is 10.0 Å². The van der Waals surface area contributed by atoms with Crippen molar-refractivity contribution >= 4 is 0 Å². The first kappa shape index (κ1) is 15.3. The summed E-state index contributed by atoms with van der Waals surface area (Å²) in [7, 11) is 4.26. The molecule has 0 bridgehead atoms. The molecule has 1 unspecified atom stereocenters. The largest absolute Gasteiger partial charge is 0.508 e. The molecule has 0 radical (unpaired) electrons. The van der Waals surface area contributed by atoms with Crippen molar-refractivity contribution in [2.24, 2.45) is 0 Å². The molecule has 0 amide bonds. The number of piperazine rings is 1. The molecule has 1 aromatic carbocycles. The molecule has 0 saturated carbocycles. The van der Waals surface area contributed by atoms with Gasteiger partial charge in [-0.25, -0.2) is 0 Å². The summed E-state index contributed by atoms with van der Waals surface area (Å²) in [5.41, 5.74) is 1.28. The van der Waals surface area contributed by atoms with Crippen LogP contribution in [0.3, 0.4) is 0 Å². The van der Waals surface area contributed by atoms with Gasteiger partial charge in [0.15, 0.2) is 0 Å². The molecule has 1 aliphatic heterocycles. The zero-order valence-electron chi connectivity index (χ0n) is 12.9. The second kappa shape index (κ2) is 7.07. The van der Waals surface area contributed by atoms with Crippen LogP contribution in [0.4, 0.5) is 0 Å². The molecule has 4 heteroatoms. The molecule has 1 aliphatic rings. The van der Waals surface area contributed by atoms with E-state index >= 15 is 0 Å². The van der Waals surface area contributed by atoms with Gasteiger partial charge in [-0.3, -0.25) is 9.80 Å². The van der Waals surface area contributed by atoms with Crippen LogP contribution < -0.4 is 0 Å². The highest BCUT2D eigenvalue weighted by Gasteiger charge is 2.21. The van der Waals surface area contributed by atoms with Crippen LogP contribution in [0, 0.1) is 0 Å². The third kappa shape index (κ3) is 4.20. The van der Waals surface area contributed by atoms with E-state index < -0.39 is 0 Å². The molecule has 20 heavy (non-hydrogen) atoms. The minimum atomic E-state index is 0.342. The number of likely N-dealkylation sites (N-methyl/N-ethyl adjacent to an activating group) is 1. The highest BCUT2D eigenvalue weighted by Crippen LogP contribution is 2.23. The Morgan fingerprint density at radius 2 is 1.70 bits per heavy atom. The van der Waals surface area contributed by atoms with E-state index in [-0.39, 0.29) is 0 Å². The standard InChI is InChI=1S/C16H27N3O/c1-14(15-4-6-16(20)7-5-15)19-12-10-18(11-13-19)9-8-17(2)3/h4-7,14,20H,8-13H2,1-3H3. The van der Waals surface area contributed by atoms with Gasteiger partial charge in [-0.1, -0.05) is 12.1 Å². The summed E-state index contributed by atoms with van der Waals surface area (Å²) in [6, 6.07) is 8.03. The van der Waals surface area contributed by atoms with E-state index in [0.29, 0.717) is 11.8 Å². The lowest BCUT2D eigenvalue weighted by atomic mass is 10.1. The summed E-state index contributed by atoms with van der Waals surface area (Å²) >= 11 is 0. The number of hydrogen-bond donors (Lipinski definition) is 1. The normalized spacial score (nSPS) is 19.4. The summed E-state index contributed by atoms with van der Waals surface area (Å²) in [6.45, 7) is 9.08. The van der Waals surface area contributed by atoms with Gasteiger partial charge in [-0.2, -0.15) is 0 Å². The maximum Gasteiger partial charge on any atom is 0.115 e. The fourth-order valence-corrected chi connectivity index (χ4v) is 2.68. The van der Waals surface area contributed by atoms with Gasteiger partial charge in [0.25, 0.3) is 0 Å². The quantitative estimate of drug-likeness (QED) is 0.886. The molecule has 112 valence electrons. The Hall–Kier alpha value is -1.10. The van der Waals surface area contributed by atoms with Gasteiger partial charge >= 0.3 is 0 Å². The first-order valence-corrected chi connectivity index (χ1v) is 7.46. The summed E-state index contributed by atoms with van der Waals surface area (Å²) in [5, 5.41) is 9.36. The zero-order valence-corrected chi connectivity index (χ0v) is 12.9. The summed E-state index contributed by atoms with van der Waals surface area (Å²) < 4.78 is 0. The Morgan fingerprint density at radius 3 is 2.25 bits per heavy atom.